The van der Waals surface area contributed by atoms with Gasteiger partial charge in [-0.3, -0.25) is 10.1 Å². The predicted octanol–water partition coefficient (Wildman–Crippen LogP) is 0.00944. The third-order valence-corrected chi connectivity index (χ3v) is 2.15. The van der Waals surface area contributed by atoms with E-state index in [1.807, 2.05) is 13.8 Å². The number of hydrogen-bond donors (Lipinski definition) is 2. The molecule has 0 aliphatic carbocycles. The Labute approximate surface area is 75.5 Å². The number of nitrogens with one attached hydrogen (secondary N) is 2. The van der Waals surface area contributed by atoms with Gasteiger partial charge in [0.25, 0.3) is 0 Å². The first kappa shape index (κ1) is 8.25. The van der Waals surface area contributed by atoms with E-state index in [9.17, 15) is 4.79 Å². The summed E-state index contributed by atoms with van der Waals surface area (Å²) in [4.78, 5) is 10.9. The summed E-state index contributed by atoms with van der Waals surface area (Å²) in [5.74, 6) is 0.752. The van der Waals surface area contributed by atoms with Crippen LogP contribution in [0.2, 0.25) is 0 Å². The molecule has 1 saturated heterocycles. The highest BCUT2D eigenvalue weighted by molar-refractivity contribution is 5.80. The Morgan fingerprint density at radius 3 is 2.77 bits per heavy atom. The molecule has 0 bridgehead atoms. The lowest BCUT2D eigenvalue weighted by atomic mass is 10.1. The van der Waals surface area contributed by atoms with E-state index in [0.29, 0.717) is 6.54 Å². The Balaban J connectivity index is 2.30. The topological polar surface area (TPSA) is 67.2 Å². The molecule has 0 radical (unpaired) electrons. The maximum atomic E-state index is 10.9. The molecule has 1 fully saturated rings. The Morgan fingerprint density at radius 2 is 2.31 bits per heavy atom. The predicted molar refractivity (Wildman–Crippen MR) is 44.9 cm³/mol. The van der Waals surface area contributed by atoms with Crippen molar-refractivity contribution in [2.45, 2.75) is 20.0 Å². The highest BCUT2D eigenvalue weighted by Crippen LogP contribution is 2.20. The molecule has 0 spiro atoms. The summed E-state index contributed by atoms with van der Waals surface area (Å²) < 4.78 is 5.00. The Hall–Kier alpha value is -1.36. The largest absolute Gasteiger partial charge is 0.361 e. The molecule has 70 valence electrons. The van der Waals surface area contributed by atoms with Crippen LogP contribution in [0.1, 0.15) is 23.2 Å². The molecule has 2 heterocycles. The van der Waals surface area contributed by atoms with Crippen molar-refractivity contribution >= 4 is 5.91 Å². The van der Waals surface area contributed by atoms with Gasteiger partial charge in [-0.1, -0.05) is 5.16 Å². The number of carbonyl (C=O) groups excluding carboxylic acids is 1. The highest BCUT2D eigenvalue weighted by atomic mass is 16.5. The third kappa shape index (κ3) is 1.31. The molecule has 5 heteroatoms. The van der Waals surface area contributed by atoms with Crippen molar-refractivity contribution in [3.8, 4) is 0 Å². The summed E-state index contributed by atoms with van der Waals surface area (Å²) in [5.41, 5.74) is 1.75. The number of aryl methyl sites for hydroxylation is 2. The molecule has 1 amide bonds. The van der Waals surface area contributed by atoms with Gasteiger partial charge < -0.3 is 9.84 Å². The van der Waals surface area contributed by atoms with Crippen molar-refractivity contribution in [3.63, 3.8) is 0 Å². The number of carbonyl (C=O) groups is 1. The number of hydrogen-bond acceptors (Lipinski definition) is 4. The molecule has 0 aromatic carbocycles. The average Bonchev–Trinajstić information content (AvgIpc) is 2.60. The van der Waals surface area contributed by atoms with E-state index in [2.05, 4.69) is 15.8 Å². The second-order valence-electron chi connectivity index (χ2n) is 3.12. The molecule has 13 heavy (non-hydrogen) atoms. The lowest BCUT2D eigenvalue weighted by Crippen LogP contribution is -2.23. The monoisotopic (exact) mass is 181 g/mol. The molecule has 1 atom stereocenters. The quantitative estimate of drug-likeness (QED) is 0.640. The first-order valence-electron chi connectivity index (χ1n) is 4.14. The van der Waals surface area contributed by atoms with Gasteiger partial charge >= 0.3 is 0 Å². The van der Waals surface area contributed by atoms with Crippen LogP contribution in [0, 0.1) is 13.8 Å². The van der Waals surface area contributed by atoms with Crippen LogP contribution in [-0.2, 0) is 4.79 Å². The Kier molecular flexibility index (Phi) is 1.81. The van der Waals surface area contributed by atoms with E-state index in [-0.39, 0.29) is 12.1 Å². The third-order valence-electron chi connectivity index (χ3n) is 2.15. The van der Waals surface area contributed by atoms with Crippen LogP contribution in [-0.4, -0.2) is 17.6 Å². The summed E-state index contributed by atoms with van der Waals surface area (Å²) in [6, 6.07) is 0. The molecule has 1 aromatic rings. The zero-order chi connectivity index (χ0) is 9.42. The maximum absolute atomic E-state index is 10.9. The molecule has 2 rings (SSSR count). The van der Waals surface area contributed by atoms with Crippen LogP contribution in [0.3, 0.4) is 0 Å². The van der Waals surface area contributed by atoms with Crippen molar-refractivity contribution in [3.05, 3.63) is 17.0 Å². The number of aromatic nitrogens is 1. The lowest BCUT2D eigenvalue weighted by Gasteiger charge is -2.08. The van der Waals surface area contributed by atoms with Crippen LogP contribution < -0.4 is 10.6 Å². The van der Waals surface area contributed by atoms with E-state index < -0.39 is 0 Å². The minimum atomic E-state index is -0.140. The first-order valence-corrected chi connectivity index (χ1v) is 4.14. The number of nitrogens with zero attached hydrogens (tertiary/aromatic N) is 1. The molecule has 1 aromatic heterocycles. The van der Waals surface area contributed by atoms with Gasteiger partial charge in [0.1, 0.15) is 11.9 Å². The van der Waals surface area contributed by atoms with Crippen molar-refractivity contribution in [1.82, 2.24) is 15.8 Å². The van der Waals surface area contributed by atoms with Crippen LogP contribution in [0.25, 0.3) is 0 Å². The fourth-order valence-electron chi connectivity index (χ4n) is 1.53. The molecule has 1 unspecified atom stereocenters. The second-order valence-corrected chi connectivity index (χ2v) is 3.12. The van der Waals surface area contributed by atoms with Gasteiger partial charge in [0.15, 0.2) is 0 Å². The fraction of sp³-hybridized carbons (Fsp3) is 0.500. The van der Waals surface area contributed by atoms with Gasteiger partial charge in [0.2, 0.25) is 5.91 Å². The molecule has 2 N–H and O–H groups in total. The zero-order valence-electron chi connectivity index (χ0n) is 7.55. The fourth-order valence-corrected chi connectivity index (χ4v) is 1.53. The zero-order valence-corrected chi connectivity index (χ0v) is 7.55. The van der Waals surface area contributed by atoms with E-state index in [1.165, 1.54) is 0 Å². The Bertz CT molecular complexity index is 326. The molecule has 1 aliphatic heterocycles. The second kappa shape index (κ2) is 2.85. The van der Waals surface area contributed by atoms with Crippen LogP contribution in [0.15, 0.2) is 4.52 Å². The van der Waals surface area contributed by atoms with Gasteiger partial charge in [0, 0.05) is 0 Å². The van der Waals surface area contributed by atoms with Gasteiger partial charge in [-0.05, 0) is 13.8 Å². The summed E-state index contributed by atoms with van der Waals surface area (Å²) >= 11 is 0. The smallest absolute Gasteiger partial charge is 0.235 e. The van der Waals surface area contributed by atoms with E-state index in [1.54, 1.807) is 0 Å². The average molecular weight is 181 g/mol. The van der Waals surface area contributed by atoms with Gasteiger partial charge in [-0.15, -0.1) is 0 Å². The van der Waals surface area contributed by atoms with Crippen molar-refractivity contribution in [1.29, 1.82) is 0 Å². The standard InChI is InChI=1S/C8H11N3O2/c1-4-7(5(2)13-11-4)8-9-3-6(12)10-8/h8-9H,3H2,1-2H3,(H,10,12). The lowest BCUT2D eigenvalue weighted by molar-refractivity contribution is -0.118. The van der Waals surface area contributed by atoms with Gasteiger partial charge in [0.05, 0.1) is 17.8 Å². The summed E-state index contributed by atoms with van der Waals surface area (Å²) in [5, 5.41) is 9.64. The van der Waals surface area contributed by atoms with Gasteiger partial charge in [-0.2, -0.15) is 0 Å². The normalized spacial score (nSPS) is 22.0. The molecular weight excluding hydrogens is 170 g/mol. The van der Waals surface area contributed by atoms with Crippen LogP contribution in [0.4, 0.5) is 0 Å². The van der Waals surface area contributed by atoms with E-state index in [4.69, 9.17) is 4.52 Å². The van der Waals surface area contributed by atoms with Crippen LogP contribution >= 0.6 is 0 Å². The summed E-state index contributed by atoms with van der Waals surface area (Å²) in [6.07, 6.45) is -0.140. The van der Waals surface area contributed by atoms with Crippen molar-refractivity contribution in [2.75, 3.05) is 6.54 Å². The molecule has 5 nitrogen and oxygen atoms in total. The first-order chi connectivity index (χ1) is 6.18. The van der Waals surface area contributed by atoms with Gasteiger partial charge in [-0.25, -0.2) is 0 Å². The van der Waals surface area contributed by atoms with Crippen LogP contribution in [0.5, 0.6) is 0 Å². The van der Waals surface area contributed by atoms with E-state index >= 15 is 0 Å². The van der Waals surface area contributed by atoms with E-state index in [0.717, 1.165) is 17.0 Å². The molecular formula is C8H11N3O2. The highest BCUT2D eigenvalue weighted by Gasteiger charge is 2.26. The minimum Gasteiger partial charge on any atom is -0.361 e. The number of amides is 1. The van der Waals surface area contributed by atoms with Crippen molar-refractivity contribution < 1.29 is 9.32 Å². The summed E-state index contributed by atoms with van der Waals surface area (Å²) in [7, 11) is 0. The number of rotatable bonds is 1. The Morgan fingerprint density at radius 1 is 1.54 bits per heavy atom. The summed E-state index contributed by atoms with van der Waals surface area (Å²) in [6.45, 7) is 4.05. The maximum Gasteiger partial charge on any atom is 0.235 e. The SMILES string of the molecule is Cc1noc(C)c1C1NCC(=O)N1. The molecule has 1 aliphatic rings. The van der Waals surface area contributed by atoms with Crippen molar-refractivity contribution in [2.24, 2.45) is 0 Å². The molecule has 0 saturated carbocycles. The minimum absolute atomic E-state index is 0.00463.